The second-order valence-corrected chi connectivity index (χ2v) is 39.2. The van der Waals surface area contributed by atoms with Gasteiger partial charge < -0.3 is 46.4 Å². The van der Waals surface area contributed by atoms with Gasteiger partial charge in [-0.05, 0) is 214 Å². The SMILES string of the molecule is O=C(Nc1ccc(N2C(=O)Cc3cc(NCCN4CCCC4)ccc3C2=O)c(F)c1)NS(=O)(=O)c1ccc(Cl)s1.O=C(Nc1ccc(N2C(=O)Cc3cc(NCCN4CCCCC4)ccc3C2=O)c(F)c1)NS(=O)(=O)c1ccc(Cl)s1.O=C(Nc1ccc(N2C(=O)Cc3cc(NCCN4CCOCC4)ccc3C2=O)c(F)c1)NS(=O)(=O)c1ccc(Cl)s1. The number of sulfonamides is 3. The van der Waals surface area contributed by atoms with Crippen LogP contribution in [0.15, 0.2) is 158 Å². The van der Waals surface area contributed by atoms with E-state index in [-0.39, 0.29) is 84.6 Å². The number of nitrogens with zero attached hydrogens (tertiary/aromatic N) is 6. The normalized spacial score (nSPS) is 15.8. The smallest absolute Gasteiger partial charge is 0.333 e. The number of halogens is 6. The molecule has 642 valence electrons. The molecule has 3 fully saturated rings. The molecule has 0 aliphatic carbocycles. The Labute approximate surface area is 725 Å². The molecule has 6 aromatic carbocycles. The largest absolute Gasteiger partial charge is 0.384 e. The summed E-state index contributed by atoms with van der Waals surface area (Å²) in [7, 11) is -12.5. The highest BCUT2D eigenvalue weighted by atomic mass is 35.5. The van der Waals surface area contributed by atoms with E-state index in [1.54, 1.807) is 54.6 Å². The highest BCUT2D eigenvalue weighted by molar-refractivity contribution is 7.93. The van der Waals surface area contributed by atoms with Crippen molar-refractivity contribution in [3.05, 3.63) is 209 Å². The zero-order chi connectivity index (χ0) is 86.7. The topological polar surface area (TPSA) is 393 Å². The van der Waals surface area contributed by atoms with Crippen LogP contribution >= 0.6 is 68.8 Å². The Morgan fingerprint density at radius 2 is 0.639 bits per heavy atom. The summed E-state index contributed by atoms with van der Waals surface area (Å²) in [6, 6.07) is 29.9. The van der Waals surface area contributed by atoms with Crippen molar-refractivity contribution in [3.8, 4) is 0 Å². The van der Waals surface area contributed by atoms with Crippen LogP contribution in [0.25, 0.3) is 0 Å². The zero-order valence-electron chi connectivity index (χ0n) is 64.3. The van der Waals surface area contributed by atoms with Crippen LogP contribution in [0, 0.1) is 17.5 Å². The summed E-state index contributed by atoms with van der Waals surface area (Å²) >= 11 is 19.6. The first-order chi connectivity index (χ1) is 58.3. The molecule has 0 unspecified atom stereocenters. The number of hydrogen-bond acceptors (Lipinski definition) is 25. The maximum Gasteiger partial charge on any atom is 0.333 e. The fraction of sp³-hybridized carbons (Fsp3) is 0.278. The summed E-state index contributed by atoms with van der Waals surface area (Å²) in [4.78, 5) is 125. The van der Waals surface area contributed by atoms with Crippen molar-refractivity contribution < 1.29 is 86.3 Å². The number of anilines is 9. The van der Waals surface area contributed by atoms with E-state index in [1.807, 2.05) is 14.2 Å². The predicted molar refractivity (Wildman–Crippen MR) is 460 cm³/mol. The Morgan fingerprint density at radius 1 is 0.361 bits per heavy atom. The average molecular weight is 1850 g/mol. The lowest BCUT2D eigenvalue weighted by Crippen LogP contribution is -2.43. The Hall–Kier alpha value is -10.6. The maximum atomic E-state index is 15.1. The van der Waals surface area contributed by atoms with Crippen LogP contribution in [0.2, 0.25) is 13.0 Å². The van der Waals surface area contributed by atoms with Crippen LogP contribution in [0.5, 0.6) is 0 Å². The van der Waals surface area contributed by atoms with Gasteiger partial charge in [-0.2, -0.15) is 0 Å². The number of fused-ring (bicyclic) bond motifs is 3. The number of thiophene rings is 3. The molecule has 15 rings (SSSR count). The fourth-order valence-corrected chi connectivity index (χ4v) is 21.2. The number of nitrogens with one attached hydrogen (secondary N) is 9. The number of imide groups is 3. The summed E-state index contributed by atoms with van der Waals surface area (Å²) in [5.74, 6) is -6.63. The molecule has 0 spiro atoms. The third-order valence-corrected chi connectivity index (χ3v) is 29.0. The van der Waals surface area contributed by atoms with Gasteiger partial charge in [0.15, 0.2) is 0 Å². The van der Waals surface area contributed by atoms with Crippen LogP contribution in [0.4, 0.5) is 78.7 Å². The minimum absolute atomic E-state index is 0.0826. The summed E-state index contributed by atoms with van der Waals surface area (Å²) in [5, 5.41) is 16.7. The molecular formula is C79H77Cl3F3N15O16S6. The van der Waals surface area contributed by atoms with Crippen LogP contribution < -0.4 is 60.8 Å². The molecule has 12 amide bonds. The van der Waals surface area contributed by atoms with E-state index in [9.17, 15) is 68.4 Å². The van der Waals surface area contributed by atoms with E-state index >= 15 is 13.2 Å². The number of rotatable bonds is 24. The second-order valence-electron chi connectivity index (χ2n) is 28.3. The van der Waals surface area contributed by atoms with Gasteiger partial charge in [-0.25, -0.2) is 81.7 Å². The van der Waals surface area contributed by atoms with Gasteiger partial charge in [0.2, 0.25) is 17.7 Å². The van der Waals surface area contributed by atoms with Gasteiger partial charge in [-0.1, -0.05) is 41.2 Å². The number of amides is 12. The van der Waals surface area contributed by atoms with E-state index in [1.165, 1.54) is 105 Å². The third-order valence-electron chi connectivity index (χ3n) is 19.9. The minimum atomic E-state index is -4.18. The molecule has 9 N–H and O–H groups in total. The van der Waals surface area contributed by atoms with Crippen molar-refractivity contribution in [2.75, 3.05) is 138 Å². The van der Waals surface area contributed by atoms with E-state index < -0.39 is 101 Å². The molecule has 0 bridgehead atoms. The van der Waals surface area contributed by atoms with Gasteiger partial charge in [-0.15, -0.1) is 34.0 Å². The van der Waals surface area contributed by atoms with Crippen molar-refractivity contribution in [3.63, 3.8) is 0 Å². The molecule has 0 atom stereocenters. The molecule has 9 heterocycles. The molecule has 43 heteroatoms. The first-order valence-corrected chi connectivity index (χ1v) is 46.0. The number of morpholine rings is 1. The number of hydrogen-bond donors (Lipinski definition) is 9. The molecule has 0 radical (unpaired) electrons. The third kappa shape index (κ3) is 22.2. The standard InChI is InChI=1S/C27H27ClFN5O5S2.C26H25ClFN5O6S2.C26H25ClFN5O5S2/c28-23-8-9-25(40-23)41(38,39)32-27(37)31-19-5-7-22(21(29)16-19)34-24(35)15-17-14-18(4-6-20(17)26(34)36)30-10-13-33-11-2-1-3-12-33;27-22-5-6-24(40-22)41(37,38)31-26(36)30-18-2-4-21(20(28)15-18)33-23(34)14-16-13-17(1-3-19(16)25(33)35)29-7-8-32-9-11-39-12-10-32;27-22-7-8-24(39-22)40(37,38)31-26(36)30-18-4-6-21(20(28)15-18)33-23(34)14-16-13-17(3-5-19(16)25(33)35)29-9-12-32-10-1-2-11-32/h4-9,14,16,30H,1-3,10-13,15H2,(H2,31,32,37);1-6,13,15,29H,7-12,14H2,(H2,30,31,36);3-8,13,15,29H,1-2,9-12,14H2,(H2,30,31,36). The lowest BCUT2D eigenvalue weighted by Gasteiger charge is -2.28. The van der Waals surface area contributed by atoms with Gasteiger partial charge in [-0.3, -0.25) is 33.7 Å². The van der Waals surface area contributed by atoms with Crippen molar-refractivity contribution in [1.82, 2.24) is 28.9 Å². The minimum Gasteiger partial charge on any atom is -0.384 e. The van der Waals surface area contributed by atoms with E-state index in [4.69, 9.17) is 39.5 Å². The van der Waals surface area contributed by atoms with Crippen LogP contribution in [0.1, 0.15) is 79.9 Å². The van der Waals surface area contributed by atoms with Crippen LogP contribution in [0.3, 0.4) is 0 Å². The van der Waals surface area contributed by atoms with Crippen molar-refractivity contribution in [2.45, 2.75) is 64.0 Å². The molecule has 3 saturated heterocycles. The summed E-state index contributed by atoms with van der Waals surface area (Å²) in [6.07, 6.45) is 5.85. The summed E-state index contributed by atoms with van der Waals surface area (Å²) < 4.78 is 130. The number of carbonyl (C=O) groups is 9. The second kappa shape index (κ2) is 39.3. The molecule has 6 aliphatic rings. The number of urea groups is 3. The lowest BCUT2D eigenvalue weighted by molar-refractivity contribution is -0.118. The number of likely N-dealkylation sites (tertiary alicyclic amines) is 2. The number of ether oxygens (including phenoxy) is 1. The van der Waals surface area contributed by atoms with Crippen molar-refractivity contribution in [1.29, 1.82) is 0 Å². The van der Waals surface area contributed by atoms with Crippen molar-refractivity contribution >= 4 is 204 Å². The van der Waals surface area contributed by atoms with Gasteiger partial charge in [0, 0.05) is 103 Å². The molecule has 31 nitrogen and oxygen atoms in total. The molecule has 0 saturated carbocycles. The van der Waals surface area contributed by atoms with Gasteiger partial charge in [0.25, 0.3) is 47.8 Å². The Morgan fingerprint density at radius 3 is 0.918 bits per heavy atom. The van der Waals surface area contributed by atoms with Gasteiger partial charge in [0.1, 0.15) is 30.1 Å². The fourth-order valence-electron chi connectivity index (χ4n) is 14.0. The lowest BCUT2D eigenvalue weighted by atomic mass is 9.97. The first kappa shape index (κ1) is 89.2. The van der Waals surface area contributed by atoms with E-state index in [0.29, 0.717) is 47.6 Å². The van der Waals surface area contributed by atoms with E-state index in [2.05, 4.69) is 46.6 Å². The molecular weight excluding hydrogens is 1770 g/mol. The Bertz CT molecular complexity index is 5690. The highest BCUT2D eigenvalue weighted by Crippen LogP contribution is 2.37. The summed E-state index contributed by atoms with van der Waals surface area (Å²) in [6.45, 7) is 12.4. The molecule has 6 aliphatic heterocycles. The first-order valence-electron chi connectivity index (χ1n) is 37.9. The molecule has 122 heavy (non-hydrogen) atoms. The zero-order valence-corrected chi connectivity index (χ0v) is 71.5. The molecule has 9 aromatic rings. The number of carbonyl (C=O) groups excluding carboxylic acids is 9. The Balaban J connectivity index is 0.000000158. The average Bonchev–Trinajstić information content (AvgIpc) is 1.05. The van der Waals surface area contributed by atoms with Gasteiger partial charge in [0.05, 0.1) is 62.5 Å². The highest BCUT2D eigenvalue weighted by Gasteiger charge is 2.38. The quantitative estimate of drug-likeness (QED) is 0.0254. The van der Waals surface area contributed by atoms with Crippen LogP contribution in [-0.4, -0.2) is 185 Å². The molecule has 3 aromatic heterocycles. The maximum absolute atomic E-state index is 15.1. The van der Waals surface area contributed by atoms with Gasteiger partial charge >= 0.3 is 18.1 Å². The van der Waals surface area contributed by atoms with Crippen molar-refractivity contribution in [2.24, 2.45) is 0 Å². The number of piperidine rings is 1. The Kier molecular flexibility index (Phi) is 28.7. The van der Waals surface area contributed by atoms with E-state index in [0.717, 1.165) is 156 Å². The van der Waals surface area contributed by atoms with Crippen LogP contribution in [-0.2, 0) is 68.5 Å². The summed E-state index contributed by atoms with van der Waals surface area (Å²) in [5.41, 5.74) is 3.81. The monoisotopic (exact) mass is 1850 g/mol. The number of benzene rings is 6. The predicted octanol–water partition coefficient (Wildman–Crippen LogP) is 12.5.